The molecule has 7 heteroatoms. The first-order chi connectivity index (χ1) is 13.2. The molecule has 0 aromatic heterocycles. The van der Waals surface area contributed by atoms with Crippen LogP contribution in [-0.2, 0) is 22.3 Å². The average Bonchev–Trinajstić information content (AvgIpc) is 2.61. The zero-order valence-corrected chi connectivity index (χ0v) is 16.4. The number of nitrogens with one attached hydrogen (secondary N) is 1. The molecule has 0 saturated heterocycles. The number of amides is 1. The van der Waals surface area contributed by atoms with Gasteiger partial charge >= 0.3 is 12.1 Å². The highest BCUT2D eigenvalue weighted by Gasteiger charge is 2.17. The summed E-state index contributed by atoms with van der Waals surface area (Å²) in [6, 6.07) is 10.7. The molecule has 2 aromatic rings. The molecule has 0 radical (unpaired) electrons. The van der Waals surface area contributed by atoms with E-state index in [9.17, 15) is 9.59 Å². The first kappa shape index (κ1) is 19.5. The van der Waals surface area contributed by atoms with Crippen molar-refractivity contribution in [1.29, 1.82) is 0 Å². The molecule has 28 heavy (non-hydrogen) atoms. The third kappa shape index (κ3) is 4.73. The van der Waals surface area contributed by atoms with Gasteiger partial charge in [-0.05, 0) is 75.1 Å². The molecule has 0 unspecified atom stereocenters. The first-order valence-electron chi connectivity index (χ1n) is 9.01. The van der Waals surface area contributed by atoms with E-state index in [0.29, 0.717) is 16.9 Å². The Labute approximate surface area is 163 Å². The van der Waals surface area contributed by atoms with Crippen molar-refractivity contribution in [3.63, 3.8) is 0 Å². The van der Waals surface area contributed by atoms with Crippen molar-refractivity contribution in [2.24, 2.45) is 10.2 Å². The minimum absolute atomic E-state index is 0.404. The van der Waals surface area contributed by atoms with Crippen molar-refractivity contribution >= 4 is 29.1 Å². The fourth-order valence-corrected chi connectivity index (χ4v) is 2.87. The Morgan fingerprint density at radius 2 is 1.68 bits per heavy atom. The maximum Gasteiger partial charge on any atom is 0.412 e. The lowest BCUT2D eigenvalue weighted by molar-refractivity contribution is 0.0598. The summed E-state index contributed by atoms with van der Waals surface area (Å²) in [6.07, 6.45) is 0.960. The molecule has 0 bridgehead atoms. The van der Waals surface area contributed by atoms with Crippen molar-refractivity contribution in [3.05, 3.63) is 53.1 Å². The van der Waals surface area contributed by atoms with Crippen LogP contribution in [0.25, 0.3) is 0 Å². The van der Waals surface area contributed by atoms with E-state index in [2.05, 4.69) is 15.5 Å². The lowest BCUT2D eigenvalue weighted by Crippen LogP contribution is -2.27. The molecule has 3 rings (SSSR count). The Kier molecular flexibility index (Phi) is 5.44. The Morgan fingerprint density at radius 3 is 2.39 bits per heavy atom. The maximum absolute atomic E-state index is 12.0. The van der Waals surface area contributed by atoms with Crippen LogP contribution in [-0.4, -0.2) is 24.8 Å². The van der Waals surface area contributed by atoms with E-state index in [0.717, 1.165) is 29.7 Å². The van der Waals surface area contributed by atoms with Crippen LogP contribution < -0.4 is 5.32 Å². The molecule has 1 N–H and O–H groups in total. The molecule has 1 aliphatic heterocycles. The Hall–Kier alpha value is -3.22. The van der Waals surface area contributed by atoms with Crippen LogP contribution in [0.1, 0.15) is 42.3 Å². The van der Waals surface area contributed by atoms with Gasteiger partial charge in [-0.15, -0.1) is 0 Å². The minimum atomic E-state index is -0.561. The van der Waals surface area contributed by atoms with Crippen molar-refractivity contribution in [1.82, 2.24) is 0 Å². The van der Waals surface area contributed by atoms with Gasteiger partial charge in [-0.1, -0.05) is 6.07 Å². The third-order valence-corrected chi connectivity index (χ3v) is 4.16. The molecule has 0 spiro atoms. The zero-order valence-electron chi connectivity index (χ0n) is 16.4. The lowest BCUT2D eigenvalue weighted by atomic mass is 9.99. The number of fused-ring (bicyclic) bond motifs is 2. The molecule has 1 heterocycles. The number of rotatable bonds is 2. The topological polar surface area (TPSA) is 89.4 Å². The fourth-order valence-electron chi connectivity index (χ4n) is 2.87. The van der Waals surface area contributed by atoms with E-state index in [1.807, 2.05) is 32.9 Å². The molecule has 146 valence electrons. The lowest BCUT2D eigenvalue weighted by Gasteiger charge is -2.20. The molecule has 2 aromatic carbocycles. The number of aryl methyl sites for hydroxylation is 2. The number of carbonyl (C=O) groups is 2. The van der Waals surface area contributed by atoms with Gasteiger partial charge in [0.1, 0.15) is 5.60 Å². The molecule has 0 saturated carbocycles. The summed E-state index contributed by atoms with van der Waals surface area (Å²) in [7, 11) is 1.35. The van der Waals surface area contributed by atoms with E-state index in [4.69, 9.17) is 9.47 Å². The summed E-state index contributed by atoms with van der Waals surface area (Å²) in [5, 5.41) is 11.4. The van der Waals surface area contributed by atoms with Gasteiger partial charge in [0, 0.05) is 5.69 Å². The smallest absolute Gasteiger partial charge is 0.412 e. The number of carbonyl (C=O) groups excluding carboxylic acids is 2. The van der Waals surface area contributed by atoms with Crippen LogP contribution in [0.3, 0.4) is 0 Å². The summed E-state index contributed by atoms with van der Waals surface area (Å²) < 4.78 is 10.0. The highest BCUT2D eigenvalue weighted by molar-refractivity contribution is 5.90. The fraction of sp³-hybridized carbons (Fsp3) is 0.333. The maximum atomic E-state index is 12.0. The molecule has 7 nitrogen and oxygen atoms in total. The van der Waals surface area contributed by atoms with Gasteiger partial charge in [-0.3, -0.25) is 5.32 Å². The molecule has 0 atom stereocenters. The predicted molar refractivity (Wildman–Crippen MR) is 106 cm³/mol. The SMILES string of the molecule is COC(=O)c1ccc2c(c1)/N=N\c1ccc(NC(=O)OC(C)(C)C)cc1CC2. The Morgan fingerprint density at radius 1 is 0.964 bits per heavy atom. The number of methoxy groups -OCH3 is 1. The molecular weight excluding hydrogens is 358 g/mol. The Bertz CT molecular complexity index is 945. The van der Waals surface area contributed by atoms with E-state index < -0.39 is 17.7 Å². The number of azo groups is 1. The van der Waals surface area contributed by atoms with Crippen LogP contribution in [0.5, 0.6) is 0 Å². The highest BCUT2D eigenvalue weighted by atomic mass is 16.6. The van der Waals surface area contributed by atoms with Gasteiger partial charge in [0.25, 0.3) is 0 Å². The van der Waals surface area contributed by atoms with Crippen molar-refractivity contribution in [2.45, 2.75) is 39.2 Å². The van der Waals surface area contributed by atoms with Gasteiger partial charge in [0.15, 0.2) is 0 Å². The average molecular weight is 381 g/mol. The molecule has 1 aliphatic rings. The number of hydrogen-bond acceptors (Lipinski definition) is 6. The van der Waals surface area contributed by atoms with Crippen LogP contribution >= 0.6 is 0 Å². The monoisotopic (exact) mass is 381 g/mol. The largest absolute Gasteiger partial charge is 0.465 e. The van der Waals surface area contributed by atoms with Crippen LogP contribution in [0.4, 0.5) is 21.9 Å². The van der Waals surface area contributed by atoms with Crippen LogP contribution in [0.2, 0.25) is 0 Å². The normalized spacial score (nSPS) is 14.0. The molecule has 0 aliphatic carbocycles. The van der Waals surface area contributed by atoms with Crippen LogP contribution in [0.15, 0.2) is 46.6 Å². The molecule has 0 fully saturated rings. The number of ether oxygens (including phenoxy) is 2. The highest BCUT2D eigenvalue weighted by Crippen LogP contribution is 2.32. The number of nitrogens with zero attached hydrogens (tertiary/aromatic N) is 2. The number of anilines is 1. The first-order valence-corrected chi connectivity index (χ1v) is 9.01. The number of benzene rings is 2. The second-order valence-electron chi connectivity index (χ2n) is 7.51. The summed E-state index contributed by atoms with van der Waals surface area (Å²) in [4.78, 5) is 23.7. The summed E-state index contributed by atoms with van der Waals surface area (Å²) in [5.41, 5.74) is 3.87. The van der Waals surface area contributed by atoms with Crippen molar-refractivity contribution in [3.8, 4) is 0 Å². The summed E-state index contributed by atoms with van der Waals surface area (Å²) in [6.45, 7) is 5.45. The second kappa shape index (κ2) is 7.80. The van der Waals surface area contributed by atoms with Crippen molar-refractivity contribution < 1.29 is 19.1 Å². The number of hydrogen-bond donors (Lipinski definition) is 1. The standard InChI is InChI=1S/C21H23N3O4/c1-21(2,3)28-20(26)22-16-9-10-17-14(11-16)7-5-13-6-8-15(19(25)27-4)12-18(13)24-23-17/h6,8-12H,5,7H2,1-4H3,(H,22,26)/b24-23-. The number of esters is 1. The summed E-state index contributed by atoms with van der Waals surface area (Å²) >= 11 is 0. The zero-order chi connectivity index (χ0) is 20.3. The molecular formula is C21H23N3O4. The van der Waals surface area contributed by atoms with E-state index >= 15 is 0 Å². The van der Waals surface area contributed by atoms with E-state index in [1.165, 1.54) is 7.11 Å². The van der Waals surface area contributed by atoms with E-state index in [1.54, 1.807) is 24.3 Å². The second-order valence-corrected chi connectivity index (χ2v) is 7.51. The van der Waals surface area contributed by atoms with Gasteiger partial charge in [-0.25, -0.2) is 9.59 Å². The quantitative estimate of drug-likeness (QED) is 0.712. The van der Waals surface area contributed by atoms with Crippen LogP contribution in [0, 0.1) is 0 Å². The van der Waals surface area contributed by atoms with Gasteiger partial charge in [0.2, 0.25) is 0 Å². The van der Waals surface area contributed by atoms with Gasteiger partial charge in [-0.2, -0.15) is 10.2 Å². The molecule has 1 amide bonds. The van der Waals surface area contributed by atoms with Gasteiger partial charge in [0.05, 0.1) is 24.0 Å². The third-order valence-electron chi connectivity index (χ3n) is 4.16. The predicted octanol–water partition coefficient (Wildman–Crippen LogP) is 5.33. The van der Waals surface area contributed by atoms with Gasteiger partial charge < -0.3 is 9.47 Å². The minimum Gasteiger partial charge on any atom is -0.465 e. The summed E-state index contributed by atoms with van der Waals surface area (Å²) in [5.74, 6) is -0.404. The van der Waals surface area contributed by atoms with Crippen molar-refractivity contribution in [2.75, 3.05) is 12.4 Å². The van der Waals surface area contributed by atoms with E-state index in [-0.39, 0.29) is 0 Å². The Balaban J connectivity index is 1.82.